The third kappa shape index (κ3) is 2.77. The van der Waals surface area contributed by atoms with Crippen LogP contribution in [0.15, 0.2) is 45.1 Å². The number of hydrogen-bond acceptors (Lipinski definition) is 0. The molecule has 22 heavy (non-hydrogen) atoms. The van der Waals surface area contributed by atoms with Gasteiger partial charge in [-0.25, -0.2) is 0 Å². The molecule has 2 aliphatic rings. The number of rotatable bonds is 7. The van der Waals surface area contributed by atoms with E-state index in [1.807, 2.05) is 0 Å². The van der Waals surface area contributed by atoms with Crippen LogP contribution < -0.4 is 0 Å². The molecule has 0 aromatic carbocycles. The quantitative estimate of drug-likeness (QED) is 0.462. The van der Waals surface area contributed by atoms with Crippen molar-refractivity contribution < 1.29 is 0 Å². The SMILES string of the molecule is CCC1=CC(C2=C(CC)C(CC)=C(CC)C2)C(CC)=C1CC. The highest BCUT2D eigenvalue weighted by molar-refractivity contribution is 5.56. The fourth-order valence-electron chi connectivity index (χ4n) is 4.72. The van der Waals surface area contributed by atoms with E-state index in [1.54, 1.807) is 39.0 Å². The summed E-state index contributed by atoms with van der Waals surface area (Å²) in [5, 5.41) is 0. The molecule has 0 fully saturated rings. The molecule has 0 N–H and O–H groups in total. The van der Waals surface area contributed by atoms with Gasteiger partial charge in [-0.1, -0.05) is 64.3 Å². The van der Waals surface area contributed by atoms with Gasteiger partial charge in [0.15, 0.2) is 0 Å². The normalized spacial score (nSPS) is 22.3. The minimum atomic E-state index is 0.607. The molecule has 122 valence electrons. The van der Waals surface area contributed by atoms with Crippen molar-refractivity contribution in [3.63, 3.8) is 0 Å². The summed E-state index contributed by atoms with van der Waals surface area (Å²) < 4.78 is 0. The fourth-order valence-corrected chi connectivity index (χ4v) is 4.72. The van der Waals surface area contributed by atoms with E-state index >= 15 is 0 Å². The van der Waals surface area contributed by atoms with Gasteiger partial charge in [0.1, 0.15) is 0 Å². The topological polar surface area (TPSA) is 0 Å². The molecule has 2 rings (SSSR count). The predicted molar refractivity (Wildman–Crippen MR) is 99.0 cm³/mol. The van der Waals surface area contributed by atoms with Crippen molar-refractivity contribution >= 4 is 0 Å². The number of hydrogen-bond donors (Lipinski definition) is 0. The molecular weight excluding hydrogens is 264 g/mol. The van der Waals surface area contributed by atoms with Crippen LogP contribution in [-0.4, -0.2) is 0 Å². The minimum Gasteiger partial charge on any atom is -0.0698 e. The molecule has 0 heterocycles. The first-order valence-electron chi connectivity index (χ1n) is 9.52. The van der Waals surface area contributed by atoms with Crippen LogP contribution in [0.2, 0.25) is 0 Å². The van der Waals surface area contributed by atoms with Gasteiger partial charge in [-0.3, -0.25) is 0 Å². The summed E-state index contributed by atoms with van der Waals surface area (Å²) in [7, 11) is 0. The van der Waals surface area contributed by atoms with Crippen molar-refractivity contribution in [3.05, 3.63) is 45.1 Å². The van der Waals surface area contributed by atoms with E-state index in [9.17, 15) is 0 Å². The van der Waals surface area contributed by atoms with Crippen molar-refractivity contribution in [2.75, 3.05) is 0 Å². The Balaban J connectivity index is 2.48. The standard InChI is InChI=1S/C22H34/c1-7-15-13-21(19(11-5)17(15)9-3)22-14-16(8-2)18(10-4)20(22)12-6/h13,21H,7-12,14H2,1-6H3. The van der Waals surface area contributed by atoms with Gasteiger partial charge in [-0.15, -0.1) is 0 Å². The highest BCUT2D eigenvalue weighted by Crippen LogP contribution is 2.48. The Kier molecular flexibility index (Phi) is 5.89. The lowest BCUT2D eigenvalue weighted by atomic mass is 9.86. The first kappa shape index (κ1) is 17.3. The second kappa shape index (κ2) is 7.49. The highest BCUT2D eigenvalue weighted by Gasteiger charge is 2.31. The van der Waals surface area contributed by atoms with Crippen molar-refractivity contribution in [3.8, 4) is 0 Å². The summed E-state index contributed by atoms with van der Waals surface area (Å²) in [6.45, 7) is 14.0. The van der Waals surface area contributed by atoms with Crippen molar-refractivity contribution in [1.82, 2.24) is 0 Å². The molecule has 0 nitrogen and oxygen atoms in total. The van der Waals surface area contributed by atoms with Crippen molar-refractivity contribution in [1.29, 1.82) is 0 Å². The van der Waals surface area contributed by atoms with Crippen LogP contribution in [0.1, 0.15) is 86.5 Å². The molecular formula is C22H34. The van der Waals surface area contributed by atoms with Crippen LogP contribution in [-0.2, 0) is 0 Å². The first-order valence-corrected chi connectivity index (χ1v) is 9.52. The summed E-state index contributed by atoms with van der Waals surface area (Å²) in [6, 6.07) is 0. The summed E-state index contributed by atoms with van der Waals surface area (Å²) in [5.74, 6) is 0.607. The zero-order chi connectivity index (χ0) is 16.3. The summed E-state index contributed by atoms with van der Waals surface area (Å²) >= 11 is 0. The zero-order valence-electron chi connectivity index (χ0n) is 15.6. The van der Waals surface area contributed by atoms with Gasteiger partial charge in [0.2, 0.25) is 0 Å². The van der Waals surface area contributed by atoms with Gasteiger partial charge in [-0.05, 0) is 67.2 Å². The molecule has 0 heteroatoms. The molecule has 0 aromatic heterocycles. The van der Waals surface area contributed by atoms with Crippen LogP contribution in [0.25, 0.3) is 0 Å². The van der Waals surface area contributed by atoms with Gasteiger partial charge < -0.3 is 0 Å². The maximum absolute atomic E-state index is 2.61. The lowest BCUT2D eigenvalue weighted by molar-refractivity contribution is 0.794. The molecule has 0 aromatic rings. The Labute approximate surface area is 138 Å². The summed E-state index contributed by atoms with van der Waals surface area (Å²) in [5.41, 5.74) is 11.8. The summed E-state index contributed by atoms with van der Waals surface area (Å²) in [4.78, 5) is 0. The van der Waals surface area contributed by atoms with E-state index in [2.05, 4.69) is 47.6 Å². The zero-order valence-corrected chi connectivity index (χ0v) is 15.6. The molecule has 1 unspecified atom stereocenters. The molecule has 0 spiro atoms. The molecule has 0 radical (unpaired) electrons. The van der Waals surface area contributed by atoms with Gasteiger partial charge in [-0.2, -0.15) is 0 Å². The van der Waals surface area contributed by atoms with Crippen molar-refractivity contribution in [2.24, 2.45) is 5.92 Å². The van der Waals surface area contributed by atoms with Gasteiger partial charge >= 0.3 is 0 Å². The van der Waals surface area contributed by atoms with E-state index < -0.39 is 0 Å². The second-order valence-electron chi connectivity index (χ2n) is 6.56. The third-order valence-corrected chi connectivity index (χ3v) is 5.73. The maximum Gasteiger partial charge on any atom is 0.0207 e. The van der Waals surface area contributed by atoms with Crippen LogP contribution >= 0.6 is 0 Å². The van der Waals surface area contributed by atoms with Gasteiger partial charge in [0.25, 0.3) is 0 Å². The molecule has 0 saturated carbocycles. The molecule has 2 aliphatic carbocycles. The molecule has 0 bridgehead atoms. The predicted octanol–water partition coefficient (Wildman–Crippen LogP) is 7.30. The van der Waals surface area contributed by atoms with E-state index in [1.165, 1.54) is 44.9 Å². The average Bonchev–Trinajstić information content (AvgIpc) is 3.10. The van der Waals surface area contributed by atoms with Gasteiger partial charge in [0.05, 0.1) is 0 Å². The molecule has 0 saturated heterocycles. The molecule has 0 aliphatic heterocycles. The lowest BCUT2D eigenvalue weighted by Gasteiger charge is -2.19. The smallest absolute Gasteiger partial charge is 0.0207 e. The Morgan fingerprint density at radius 1 is 0.727 bits per heavy atom. The van der Waals surface area contributed by atoms with Crippen LogP contribution in [0.4, 0.5) is 0 Å². The summed E-state index contributed by atoms with van der Waals surface area (Å²) in [6.07, 6.45) is 11.1. The number of allylic oxidation sites excluding steroid dienone is 8. The Morgan fingerprint density at radius 3 is 1.82 bits per heavy atom. The maximum atomic E-state index is 2.61. The van der Waals surface area contributed by atoms with Crippen molar-refractivity contribution in [2.45, 2.75) is 86.5 Å². The monoisotopic (exact) mass is 298 g/mol. The molecule has 0 amide bonds. The van der Waals surface area contributed by atoms with E-state index in [0.717, 1.165) is 0 Å². The Morgan fingerprint density at radius 2 is 1.36 bits per heavy atom. The highest BCUT2D eigenvalue weighted by atomic mass is 14.4. The third-order valence-electron chi connectivity index (χ3n) is 5.73. The second-order valence-corrected chi connectivity index (χ2v) is 6.56. The largest absolute Gasteiger partial charge is 0.0698 e. The van der Waals surface area contributed by atoms with Crippen LogP contribution in [0.5, 0.6) is 0 Å². The van der Waals surface area contributed by atoms with E-state index in [-0.39, 0.29) is 0 Å². The lowest BCUT2D eigenvalue weighted by Crippen LogP contribution is -2.04. The van der Waals surface area contributed by atoms with E-state index in [4.69, 9.17) is 0 Å². The van der Waals surface area contributed by atoms with Crippen LogP contribution in [0.3, 0.4) is 0 Å². The first-order chi connectivity index (χ1) is 10.7. The van der Waals surface area contributed by atoms with Crippen LogP contribution in [0, 0.1) is 5.92 Å². The van der Waals surface area contributed by atoms with E-state index in [0.29, 0.717) is 5.92 Å². The minimum absolute atomic E-state index is 0.607. The van der Waals surface area contributed by atoms with Gasteiger partial charge in [0, 0.05) is 5.92 Å². The Bertz CT molecular complexity index is 549. The molecule has 1 atom stereocenters. The Hall–Kier alpha value is -1.04. The fraction of sp³-hybridized carbons (Fsp3) is 0.636. The average molecular weight is 299 g/mol.